The lowest BCUT2D eigenvalue weighted by Crippen LogP contribution is -2.38. The maximum absolute atomic E-state index is 12.2. The van der Waals surface area contributed by atoms with E-state index in [9.17, 15) is 13.2 Å². The van der Waals surface area contributed by atoms with E-state index in [1.807, 2.05) is 0 Å². The van der Waals surface area contributed by atoms with Crippen LogP contribution in [-0.4, -0.2) is 39.3 Å². The van der Waals surface area contributed by atoms with Crippen LogP contribution in [0.5, 0.6) is 0 Å². The number of ether oxygens (including phenoxy) is 1. The predicted molar refractivity (Wildman–Crippen MR) is 84.0 cm³/mol. The monoisotopic (exact) mass is 326 g/mol. The van der Waals surface area contributed by atoms with Crippen molar-refractivity contribution in [3.05, 3.63) is 36.5 Å². The third-order valence-electron chi connectivity index (χ3n) is 3.43. The Bertz CT molecular complexity index is 625. The molecule has 1 atom stereocenters. The van der Waals surface area contributed by atoms with Gasteiger partial charge in [-0.25, -0.2) is 13.4 Å². The Hall–Kier alpha value is -1.73. The Morgan fingerprint density at radius 3 is 2.64 bits per heavy atom. The number of nitrogens with zero attached hydrogens (tertiary/aromatic N) is 1. The summed E-state index contributed by atoms with van der Waals surface area (Å²) in [6, 6.07) is 3.05. The number of methoxy groups -OCH3 is 1. The van der Waals surface area contributed by atoms with Crippen molar-refractivity contribution in [2.24, 2.45) is 5.41 Å². The first kappa shape index (κ1) is 18.3. The van der Waals surface area contributed by atoms with E-state index in [1.54, 1.807) is 26.2 Å². The molecule has 1 N–H and O–H groups in total. The summed E-state index contributed by atoms with van der Waals surface area (Å²) in [4.78, 5) is 16.1. The van der Waals surface area contributed by atoms with Gasteiger partial charge >= 0.3 is 0 Å². The molecule has 0 aliphatic carbocycles. The lowest BCUT2D eigenvalue weighted by Gasteiger charge is -2.24. The molecule has 0 saturated heterocycles. The minimum atomic E-state index is -3.31. The lowest BCUT2D eigenvalue weighted by molar-refractivity contribution is -0.128. The molecule has 6 nitrogen and oxygen atoms in total. The molecule has 0 fully saturated rings. The predicted octanol–water partition coefficient (Wildman–Crippen LogP) is 1.33. The highest BCUT2D eigenvalue weighted by atomic mass is 32.2. The minimum Gasteiger partial charge on any atom is -0.385 e. The molecule has 0 bridgehead atoms. The van der Waals surface area contributed by atoms with Gasteiger partial charge in [-0.05, 0) is 25.0 Å². The zero-order valence-corrected chi connectivity index (χ0v) is 13.9. The van der Waals surface area contributed by atoms with Crippen LogP contribution in [0.2, 0.25) is 0 Å². The van der Waals surface area contributed by atoms with Crippen LogP contribution >= 0.6 is 0 Å². The van der Waals surface area contributed by atoms with E-state index in [0.29, 0.717) is 13.0 Å². The van der Waals surface area contributed by atoms with Gasteiger partial charge in [-0.15, -0.1) is 6.58 Å². The Kier molecular flexibility index (Phi) is 6.25. The fourth-order valence-electron chi connectivity index (χ4n) is 1.74. The fraction of sp³-hybridized carbons (Fsp3) is 0.467. The van der Waals surface area contributed by atoms with Crippen molar-refractivity contribution in [1.82, 2.24) is 10.3 Å². The van der Waals surface area contributed by atoms with Gasteiger partial charge in [0.15, 0.2) is 14.9 Å². The van der Waals surface area contributed by atoms with Gasteiger partial charge in [0.2, 0.25) is 5.91 Å². The summed E-state index contributed by atoms with van der Waals surface area (Å²) in [6.07, 6.45) is 4.68. The van der Waals surface area contributed by atoms with Crippen LogP contribution in [0.3, 0.4) is 0 Å². The molecule has 22 heavy (non-hydrogen) atoms. The summed E-state index contributed by atoms with van der Waals surface area (Å²) in [5.41, 5.74) is 0.00904. The van der Waals surface area contributed by atoms with Crippen LogP contribution in [-0.2, 0) is 25.9 Å². The number of hydrogen-bond acceptors (Lipinski definition) is 5. The van der Waals surface area contributed by atoms with E-state index in [1.165, 1.54) is 12.3 Å². The molecule has 7 heteroatoms. The Labute approximate surface area is 131 Å². The first-order chi connectivity index (χ1) is 10.2. The van der Waals surface area contributed by atoms with E-state index in [4.69, 9.17) is 4.74 Å². The zero-order chi connectivity index (χ0) is 16.8. The largest absolute Gasteiger partial charge is 0.385 e. The quantitative estimate of drug-likeness (QED) is 0.729. The van der Waals surface area contributed by atoms with Crippen LogP contribution in [0.15, 0.2) is 36.0 Å². The topological polar surface area (TPSA) is 85.4 Å². The van der Waals surface area contributed by atoms with Crippen LogP contribution in [0.25, 0.3) is 0 Å². The van der Waals surface area contributed by atoms with Gasteiger partial charge in [0.25, 0.3) is 0 Å². The molecule has 0 aromatic carbocycles. The van der Waals surface area contributed by atoms with Gasteiger partial charge in [0.05, 0.1) is 5.41 Å². The number of carbonyl (C=O) groups excluding carboxylic acids is 1. The van der Waals surface area contributed by atoms with Gasteiger partial charge in [-0.3, -0.25) is 4.79 Å². The summed E-state index contributed by atoms with van der Waals surface area (Å²) in [7, 11) is -1.73. The van der Waals surface area contributed by atoms with E-state index in [0.717, 1.165) is 11.8 Å². The van der Waals surface area contributed by atoms with E-state index >= 15 is 0 Å². The van der Waals surface area contributed by atoms with Crippen molar-refractivity contribution in [3.8, 4) is 0 Å². The average molecular weight is 326 g/mol. The molecular weight excluding hydrogens is 304 g/mol. The highest BCUT2D eigenvalue weighted by Gasteiger charge is 2.29. The molecule has 0 spiro atoms. The van der Waals surface area contributed by atoms with Crippen molar-refractivity contribution < 1.29 is 17.9 Å². The van der Waals surface area contributed by atoms with Gasteiger partial charge in [-0.1, -0.05) is 12.1 Å². The van der Waals surface area contributed by atoms with E-state index in [2.05, 4.69) is 16.9 Å². The molecule has 1 heterocycles. The average Bonchev–Trinajstić information content (AvgIpc) is 2.49. The molecule has 122 valence electrons. The van der Waals surface area contributed by atoms with Gasteiger partial charge in [-0.2, -0.15) is 0 Å². The molecule has 0 aliphatic heterocycles. The third-order valence-corrected chi connectivity index (χ3v) is 4.43. The molecule has 1 aromatic rings. The zero-order valence-electron chi connectivity index (χ0n) is 13.1. The van der Waals surface area contributed by atoms with E-state index in [-0.39, 0.29) is 17.5 Å². The number of amides is 1. The smallest absolute Gasteiger partial charge is 0.230 e. The van der Waals surface area contributed by atoms with Gasteiger partial charge < -0.3 is 10.1 Å². The Morgan fingerprint density at radius 1 is 1.50 bits per heavy atom. The molecule has 1 unspecified atom stereocenters. The summed E-state index contributed by atoms with van der Waals surface area (Å²) >= 11 is 0. The number of aromatic nitrogens is 1. The summed E-state index contributed by atoms with van der Waals surface area (Å²) in [6.45, 7) is 6.22. The van der Waals surface area contributed by atoms with Crippen LogP contribution in [0.4, 0.5) is 0 Å². The highest BCUT2D eigenvalue weighted by Crippen LogP contribution is 2.23. The second-order valence-electron chi connectivity index (χ2n) is 5.32. The number of rotatable bonds is 8. The highest BCUT2D eigenvalue weighted by molar-refractivity contribution is 7.90. The number of sulfone groups is 1. The molecule has 0 saturated carbocycles. The molecule has 1 rings (SSSR count). The SMILES string of the molecule is C=CC(C)(CCOC)C(=O)NCc1ccc(S(C)(=O)=O)nc1. The van der Waals surface area contributed by atoms with Crippen LogP contribution in [0.1, 0.15) is 18.9 Å². The molecule has 0 aliphatic rings. The Balaban J connectivity index is 2.69. The minimum absolute atomic E-state index is 0.0126. The van der Waals surface area contributed by atoms with Crippen molar-refractivity contribution in [3.63, 3.8) is 0 Å². The number of carbonyl (C=O) groups is 1. The summed E-state index contributed by atoms with van der Waals surface area (Å²) < 4.78 is 27.7. The summed E-state index contributed by atoms with van der Waals surface area (Å²) in [5, 5.41) is 2.81. The van der Waals surface area contributed by atoms with Gasteiger partial charge in [0.1, 0.15) is 0 Å². The molecular formula is C15H22N2O4S. The standard InChI is InChI=1S/C15H22N2O4S/c1-5-15(2,8-9-21-3)14(18)17-11-12-6-7-13(16-10-12)22(4,19)20/h5-7,10H,1,8-9,11H2,2-4H3,(H,17,18). The van der Waals surface area contributed by atoms with Crippen molar-refractivity contribution in [2.75, 3.05) is 20.0 Å². The van der Waals surface area contributed by atoms with Crippen molar-refractivity contribution in [1.29, 1.82) is 0 Å². The second-order valence-corrected chi connectivity index (χ2v) is 7.29. The molecule has 0 radical (unpaired) electrons. The van der Waals surface area contributed by atoms with Crippen molar-refractivity contribution in [2.45, 2.75) is 24.9 Å². The second kappa shape index (κ2) is 7.51. The first-order valence-corrected chi connectivity index (χ1v) is 8.68. The van der Waals surface area contributed by atoms with Crippen molar-refractivity contribution >= 4 is 15.7 Å². The number of pyridine rings is 1. The fourth-order valence-corrected chi connectivity index (χ4v) is 2.30. The first-order valence-electron chi connectivity index (χ1n) is 6.79. The third kappa shape index (κ3) is 4.92. The maximum Gasteiger partial charge on any atom is 0.230 e. The lowest BCUT2D eigenvalue weighted by atomic mass is 9.86. The summed E-state index contributed by atoms with van der Waals surface area (Å²) in [5.74, 6) is -0.160. The molecule has 1 aromatic heterocycles. The Morgan fingerprint density at radius 2 is 2.18 bits per heavy atom. The molecule has 1 amide bonds. The van der Waals surface area contributed by atoms with Crippen LogP contribution in [0, 0.1) is 5.41 Å². The van der Waals surface area contributed by atoms with Gasteiger partial charge in [0, 0.05) is 32.7 Å². The number of hydrogen-bond donors (Lipinski definition) is 1. The normalized spacial score (nSPS) is 14.1. The maximum atomic E-state index is 12.2. The van der Waals surface area contributed by atoms with E-state index < -0.39 is 15.3 Å². The number of nitrogens with one attached hydrogen (secondary N) is 1. The van der Waals surface area contributed by atoms with Crippen LogP contribution < -0.4 is 5.32 Å².